The molecule has 0 unspecified atom stereocenters. The summed E-state index contributed by atoms with van der Waals surface area (Å²) in [5, 5.41) is 8.85. The molecule has 8 nitrogen and oxygen atoms in total. The van der Waals surface area contributed by atoms with Crippen LogP contribution >= 0.6 is 0 Å². The molecule has 1 fully saturated rings. The number of aliphatic carboxylic acids is 1. The normalized spacial score (nSPS) is 14.8. The molecule has 0 atom stereocenters. The second-order valence-corrected chi connectivity index (χ2v) is 7.14. The van der Waals surface area contributed by atoms with Crippen LogP contribution in [-0.4, -0.2) is 65.8 Å². The van der Waals surface area contributed by atoms with E-state index in [4.69, 9.17) is 5.11 Å². The zero-order valence-corrected chi connectivity index (χ0v) is 12.9. The number of carboxylic acid groups (broad SMARTS) is 1. The molecule has 0 bridgehead atoms. The number of nitrogens with zero attached hydrogens (tertiary/aromatic N) is 3. The van der Waals surface area contributed by atoms with Gasteiger partial charge in [0.15, 0.2) is 0 Å². The van der Waals surface area contributed by atoms with Crippen molar-refractivity contribution in [3.05, 3.63) is 24.5 Å². The highest BCUT2D eigenvalue weighted by Gasteiger charge is 2.35. The lowest BCUT2D eigenvalue weighted by Crippen LogP contribution is -2.44. The van der Waals surface area contributed by atoms with E-state index in [0.29, 0.717) is 0 Å². The molecule has 0 radical (unpaired) electrons. The Hall–Kier alpha value is -2.00. The molecule has 22 heavy (non-hydrogen) atoms. The lowest BCUT2D eigenvalue weighted by molar-refractivity contribution is -0.144. The van der Waals surface area contributed by atoms with Crippen molar-refractivity contribution in [1.29, 1.82) is 0 Å². The highest BCUT2D eigenvalue weighted by Crippen LogP contribution is 2.27. The molecule has 0 saturated heterocycles. The van der Waals surface area contributed by atoms with Crippen LogP contribution in [0.1, 0.15) is 12.8 Å². The SMILES string of the molecule is CN(CC(=O)N(CC(=O)O)C1CC1)S(=O)(=O)c1cccnc1. The predicted molar refractivity (Wildman–Crippen MR) is 76.4 cm³/mol. The Labute approximate surface area is 128 Å². The Balaban J connectivity index is 2.08. The van der Waals surface area contributed by atoms with Crippen LogP contribution in [0.25, 0.3) is 0 Å². The second-order valence-electron chi connectivity index (χ2n) is 5.10. The number of hydrogen-bond donors (Lipinski definition) is 1. The summed E-state index contributed by atoms with van der Waals surface area (Å²) in [6, 6.07) is 2.78. The molecule has 1 N–H and O–H groups in total. The number of carbonyl (C=O) groups excluding carboxylic acids is 1. The van der Waals surface area contributed by atoms with Crippen molar-refractivity contribution in [1.82, 2.24) is 14.2 Å². The van der Waals surface area contributed by atoms with Crippen LogP contribution in [0.15, 0.2) is 29.4 Å². The first-order chi connectivity index (χ1) is 10.3. The first-order valence-electron chi connectivity index (χ1n) is 6.70. The van der Waals surface area contributed by atoms with E-state index in [9.17, 15) is 18.0 Å². The van der Waals surface area contributed by atoms with Crippen molar-refractivity contribution >= 4 is 21.9 Å². The van der Waals surface area contributed by atoms with Gasteiger partial charge in [-0.15, -0.1) is 0 Å². The van der Waals surface area contributed by atoms with E-state index in [-0.39, 0.29) is 10.9 Å². The van der Waals surface area contributed by atoms with Gasteiger partial charge in [0.25, 0.3) is 0 Å². The van der Waals surface area contributed by atoms with Crippen LogP contribution in [-0.2, 0) is 19.6 Å². The zero-order chi connectivity index (χ0) is 16.3. The van der Waals surface area contributed by atoms with Gasteiger partial charge in [0.2, 0.25) is 15.9 Å². The van der Waals surface area contributed by atoms with Crippen molar-refractivity contribution in [2.24, 2.45) is 0 Å². The number of likely N-dealkylation sites (N-methyl/N-ethyl adjacent to an activating group) is 1. The van der Waals surface area contributed by atoms with E-state index >= 15 is 0 Å². The number of carbonyl (C=O) groups is 2. The van der Waals surface area contributed by atoms with Gasteiger partial charge < -0.3 is 10.0 Å². The largest absolute Gasteiger partial charge is 0.480 e. The van der Waals surface area contributed by atoms with E-state index < -0.39 is 35.0 Å². The van der Waals surface area contributed by atoms with Gasteiger partial charge in [-0.1, -0.05) is 0 Å². The number of aromatic nitrogens is 1. The number of pyridine rings is 1. The van der Waals surface area contributed by atoms with Crippen LogP contribution in [0.5, 0.6) is 0 Å². The van der Waals surface area contributed by atoms with Gasteiger partial charge in [0.1, 0.15) is 11.4 Å². The molecular weight excluding hydrogens is 310 g/mol. The maximum atomic E-state index is 12.3. The van der Waals surface area contributed by atoms with Gasteiger partial charge in [0.05, 0.1) is 6.54 Å². The molecule has 0 aromatic carbocycles. The van der Waals surface area contributed by atoms with Crippen LogP contribution < -0.4 is 0 Å². The fourth-order valence-corrected chi connectivity index (χ4v) is 3.08. The summed E-state index contributed by atoms with van der Waals surface area (Å²) in [6.07, 6.45) is 4.15. The molecule has 1 amide bonds. The molecule has 9 heteroatoms. The van der Waals surface area contributed by atoms with E-state index in [1.54, 1.807) is 0 Å². The molecule has 0 aliphatic heterocycles. The van der Waals surface area contributed by atoms with E-state index in [1.807, 2.05) is 0 Å². The molecule has 1 aliphatic carbocycles. The third-order valence-corrected chi connectivity index (χ3v) is 5.10. The molecule has 2 rings (SSSR count). The minimum atomic E-state index is -3.83. The minimum absolute atomic E-state index is 0.0125. The fraction of sp³-hybridized carbons (Fsp3) is 0.462. The summed E-state index contributed by atoms with van der Waals surface area (Å²) in [5.74, 6) is -1.63. The minimum Gasteiger partial charge on any atom is -0.480 e. The third kappa shape index (κ3) is 3.80. The molecule has 1 saturated carbocycles. The maximum absolute atomic E-state index is 12.3. The molecule has 1 aromatic heterocycles. The van der Waals surface area contributed by atoms with Gasteiger partial charge in [-0.2, -0.15) is 4.31 Å². The summed E-state index contributed by atoms with van der Waals surface area (Å²) in [4.78, 5) is 28.0. The van der Waals surface area contributed by atoms with E-state index in [0.717, 1.165) is 17.1 Å². The molecule has 0 spiro atoms. The van der Waals surface area contributed by atoms with Crippen LogP contribution in [0, 0.1) is 0 Å². The lowest BCUT2D eigenvalue weighted by atomic mass is 10.4. The number of amides is 1. The van der Waals surface area contributed by atoms with Crippen molar-refractivity contribution in [2.75, 3.05) is 20.1 Å². The van der Waals surface area contributed by atoms with Crippen LogP contribution in [0.4, 0.5) is 0 Å². The Morgan fingerprint density at radius 3 is 2.55 bits per heavy atom. The highest BCUT2D eigenvalue weighted by atomic mass is 32.2. The van der Waals surface area contributed by atoms with Gasteiger partial charge in [-0.25, -0.2) is 8.42 Å². The smallest absolute Gasteiger partial charge is 0.323 e. The van der Waals surface area contributed by atoms with Crippen molar-refractivity contribution in [3.8, 4) is 0 Å². The summed E-state index contributed by atoms with van der Waals surface area (Å²) >= 11 is 0. The summed E-state index contributed by atoms with van der Waals surface area (Å²) < 4.78 is 25.5. The fourth-order valence-electron chi connectivity index (χ4n) is 2.00. The van der Waals surface area contributed by atoms with E-state index in [1.165, 1.54) is 36.5 Å². The standard InChI is InChI=1S/C13H17N3O5S/c1-15(22(20,21)11-3-2-6-14-7-11)8-12(17)16(9-13(18)19)10-4-5-10/h2-3,6-7,10H,4-5,8-9H2,1H3,(H,18,19). The quantitative estimate of drug-likeness (QED) is 0.741. The number of carboxylic acids is 1. The Morgan fingerprint density at radius 1 is 1.36 bits per heavy atom. The first kappa shape index (κ1) is 16.4. The summed E-state index contributed by atoms with van der Waals surface area (Å²) in [6.45, 7) is -0.814. The molecule has 1 heterocycles. The van der Waals surface area contributed by atoms with Gasteiger partial charge >= 0.3 is 5.97 Å². The summed E-state index contributed by atoms with van der Waals surface area (Å²) in [7, 11) is -2.54. The predicted octanol–water partition coefficient (Wildman–Crippen LogP) is -0.222. The summed E-state index contributed by atoms with van der Waals surface area (Å²) in [5.41, 5.74) is 0. The Bertz CT molecular complexity index is 658. The highest BCUT2D eigenvalue weighted by molar-refractivity contribution is 7.89. The van der Waals surface area contributed by atoms with Crippen molar-refractivity contribution in [3.63, 3.8) is 0 Å². The molecule has 1 aliphatic rings. The number of rotatable bonds is 7. The van der Waals surface area contributed by atoms with Crippen molar-refractivity contribution < 1.29 is 23.1 Å². The topological polar surface area (TPSA) is 108 Å². The van der Waals surface area contributed by atoms with Crippen LogP contribution in [0.3, 0.4) is 0 Å². The first-order valence-corrected chi connectivity index (χ1v) is 8.14. The Morgan fingerprint density at radius 2 is 2.05 bits per heavy atom. The van der Waals surface area contributed by atoms with Crippen LogP contribution in [0.2, 0.25) is 0 Å². The molecule has 120 valence electrons. The maximum Gasteiger partial charge on any atom is 0.323 e. The lowest BCUT2D eigenvalue weighted by Gasteiger charge is -2.23. The average molecular weight is 327 g/mol. The number of hydrogen-bond acceptors (Lipinski definition) is 5. The number of sulfonamides is 1. The molecule has 1 aromatic rings. The Kier molecular flexibility index (Phi) is 4.77. The zero-order valence-electron chi connectivity index (χ0n) is 12.0. The van der Waals surface area contributed by atoms with Crippen molar-refractivity contribution in [2.45, 2.75) is 23.8 Å². The van der Waals surface area contributed by atoms with Gasteiger partial charge in [-0.05, 0) is 25.0 Å². The third-order valence-electron chi connectivity index (χ3n) is 3.31. The molecular formula is C13H17N3O5S. The van der Waals surface area contributed by atoms with E-state index in [2.05, 4.69) is 4.98 Å². The van der Waals surface area contributed by atoms with Gasteiger partial charge in [-0.3, -0.25) is 14.6 Å². The van der Waals surface area contributed by atoms with Gasteiger partial charge in [0, 0.05) is 25.5 Å². The monoisotopic (exact) mass is 327 g/mol. The second kappa shape index (κ2) is 6.41. The average Bonchev–Trinajstić information content (AvgIpc) is 3.29.